The monoisotopic (exact) mass is 500 g/mol. The van der Waals surface area contributed by atoms with Gasteiger partial charge in [-0.25, -0.2) is 4.79 Å². The number of nitrogens with one attached hydrogen (secondary N) is 1. The maximum absolute atomic E-state index is 11.9. The second-order valence-corrected chi connectivity index (χ2v) is 9.93. The zero-order valence-electron chi connectivity index (χ0n) is 19.2. The number of piperidine rings is 1. The Morgan fingerprint density at radius 1 is 1.09 bits per heavy atom. The standard InChI is InChI=1S/C26H33BrN2O3/c1-4-31-26(30)21-5-6-24(23(27)14-21)32-22-11-17(2)25(18(3)12-22)29-15-20(16-29)13-19-7-9-28-10-8-19/h5-6,11-12,14,19-20,28H,4,7-10,13,15-16H2,1-3H3. The number of anilines is 1. The molecule has 2 aliphatic heterocycles. The quantitative estimate of drug-likeness (QED) is 0.482. The third-order valence-electron chi connectivity index (χ3n) is 6.53. The minimum absolute atomic E-state index is 0.330. The van der Waals surface area contributed by atoms with Gasteiger partial charge in [-0.3, -0.25) is 0 Å². The molecule has 1 N–H and O–H groups in total. The van der Waals surface area contributed by atoms with E-state index in [-0.39, 0.29) is 5.97 Å². The lowest BCUT2D eigenvalue weighted by Crippen LogP contribution is -2.48. The first-order chi connectivity index (χ1) is 15.4. The van der Waals surface area contributed by atoms with Crippen molar-refractivity contribution in [1.82, 2.24) is 5.32 Å². The zero-order chi connectivity index (χ0) is 22.7. The number of carbonyl (C=O) groups excluding carboxylic acids is 1. The normalized spacial score (nSPS) is 17.2. The van der Waals surface area contributed by atoms with Crippen molar-refractivity contribution in [3.63, 3.8) is 0 Å². The van der Waals surface area contributed by atoms with Gasteiger partial charge in [0, 0.05) is 18.8 Å². The van der Waals surface area contributed by atoms with Gasteiger partial charge in [0.15, 0.2) is 0 Å². The SMILES string of the molecule is CCOC(=O)c1ccc(Oc2cc(C)c(N3CC(CC4CCNCC4)C3)c(C)c2)c(Br)c1. The number of carbonyl (C=O) groups is 1. The summed E-state index contributed by atoms with van der Waals surface area (Å²) in [6, 6.07) is 9.48. The average molecular weight is 501 g/mol. The zero-order valence-corrected chi connectivity index (χ0v) is 20.8. The van der Waals surface area contributed by atoms with Gasteiger partial charge in [-0.2, -0.15) is 0 Å². The predicted octanol–water partition coefficient (Wildman–Crippen LogP) is 5.86. The van der Waals surface area contributed by atoms with Crippen LogP contribution in [0.4, 0.5) is 5.69 Å². The summed E-state index contributed by atoms with van der Waals surface area (Å²) in [5.74, 6) is 2.87. The Bertz CT molecular complexity index is 943. The van der Waals surface area contributed by atoms with Gasteiger partial charge in [0.25, 0.3) is 0 Å². The lowest BCUT2D eigenvalue weighted by molar-refractivity contribution is 0.0526. The highest BCUT2D eigenvalue weighted by Gasteiger charge is 2.31. The number of hydrogen-bond donors (Lipinski definition) is 1. The van der Waals surface area contributed by atoms with E-state index in [1.165, 1.54) is 49.2 Å². The molecule has 2 heterocycles. The molecule has 2 fully saturated rings. The first-order valence-electron chi connectivity index (χ1n) is 11.7. The van der Waals surface area contributed by atoms with Crippen molar-refractivity contribution in [1.29, 1.82) is 0 Å². The summed E-state index contributed by atoms with van der Waals surface area (Å²) in [7, 11) is 0. The molecule has 0 atom stereocenters. The Morgan fingerprint density at radius 3 is 2.41 bits per heavy atom. The summed E-state index contributed by atoms with van der Waals surface area (Å²) in [6.07, 6.45) is 4.03. The lowest BCUT2D eigenvalue weighted by atomic mass is 9.83. The van der Waals surface area contributed by atoms with E-state index in [2.05, 4.69) is 52.1 Å². The molecule has 5 nitrogen and oxygen atoms in total. The van der Waals surface area contributed by atoms with E-state index in [4.69, 9.17) is 9.47 Å². The lowest BCUT2D eigenvalue weighted by Gasteiger charge is -2.44. The number of esters is 1. The molecule has 2 aliphatic rings. The molecule has 0 aliphatic carbocycles. The van der Waals surface area contributed by atoms with E-state index >= 15 is 0 Å². The number of aryl methyl sites for hydroxylation is 2. The molecule has 2 aromatic carbocycles. The van der Waals surface area contributed by atoms with Gasteiger partial charge < -0.3 is 19.7 Å². The molecular formula is C26H33BrN2O3. The Morgan fingerprint density at radius 2 is 1.78 bits per heavy atom. The second-order valence-electron chi connectivity index (χ2n) is 9.07. The average Bonchev–Trinajstić information content (AvgIpc) is 2.73. The molecule has 32 heavy (non-hydrogen) atoms. The van der Waals surface area contributed by atoms with Gasteiger partial charge in [0.05, 0.1) is 16.6 Å². The molecule has 0 amide bonds. The minimum Gasteiger partial charge on any atom is -0.462 e. The smallest absolute Gasteiger partial charge is 0.338 e. The molecule has 0 saturated carbocycles. The summed E-state index contributed by atoms with van der Waals surface area (Å²) < 4.78 is 11.9. The van der Waals surface area contributed by atoms with E-state index < -0.39 is 0 Å². The molecule has 172 valence electrons. The molecule has 6 heteroatoms. The number of hydrogen-bond acceptors (Lipinski definition) is 5. The van der Waals surface area contributed by atoms with E-state index in [1.54, 1.807) is 25.1 Å². The third-order valence-corrected chi connectivity index (χ3v) is 7.15. The number of rotatable bonds is 7. The van der Waals surface area contributed by atoms with Crippen LogP contribution in [0, 0.1) is 25.7 Å². The van der Waals surface area contributed by atoms with E-state index in [9.17, 15) is 4.79 Å². The number of halogens is 1. The fourth-order valence-electron chi connectivity index (χ4n) is 5.02. The highest BCUT2D eigenvalue weighted by Crippen LogP contribution is 2.38. The summed E-state index contributed by atoms with van der Waals surface area (Å²) in [4.78, 5) is 14.5. The van der Waals surface area contributed by atoms with Crippen molar-refractivity contribution in [2.75, 3.05) is 37.7 Å². The van der Waals surface area contributed by atoms with Crippen molar-refractivity contribution >= 4 is 27.6 Å². The Kier molecular flexibility index (Phi) is 7.41. The first-order valence-corrected chi connectivity index (χ1v) is 12.4. The molecule has 2 aromatic rings. The first kappa shape index (κ1) is 23.1. The van der Waals surface area contributed by atoms with Crippen molar-refractivity contribution in [3.05, 3.63) is 51.5 Å². The summed E-state index contributed by atoms with van der Waals surface area (Å²) in [5.41, 5.74) is 4.32. The van der Waals surface area contributed by atoms with E-state index in [1.807, 2.05) is 0 Å². The number of ether oxygens (including phenoxy) is 2. The fraction of sp³-hybridized carbons (Fsp3) is 0.500. The van der Waals surface area contributed by atoms with Crippen LogP contribution < -0.4 is 15.0 Å². The van der Waals surface area contributed by atoms with Crippen molar-refractivity contribution in [2.45, 2.75) is 40.0 Å². The van der Waals surface area contributed by atoms with Gasteiger partial charge in [0.2, 0.25) is 0 Å². The maximum atomic E-state index is 11.9. The van der Waals surface area contributed by atoms with Crippen LogP contribution in [-0.4, -0.2) is 38.8 Å². The second kappa shape index (κ2) is 10.3. The predicted molar refractivity (Wildman–Crippen MR) is 132 cm³/mol. The van der Waals surface area contributed by atoms with Crippen LogP contribution in [0.2, 0.25) is 0 Å². The topological polar surface area (TPSA) is 50.8 Å². The Balaban J connectivity index is 1.39. The van der Waals surface area contributed by atoms with Crippen LogP contribution in [0.3, 0.4) is 0 Å². The van der Waals surface area contributed by atoms with Crippen LogP contribution in [0.5, 0.6) is 11.5 Å². The van der Waals surface area contributed by atoms with E-state index in [0.29, 0.717) is 17.9 Å². The van der Waals surface area contributed by atoms with Crippen LogP contribution in [0.25, 0.3) is 0 Å². The molecule has 0 bridgehead atoms. The van der Waals surface area contributed by atoms with Crippen LogP contribution in [0.15, 0.2) is 34.8 Å². The van der Waals surface area contributed by atoms with Crippen molar-refractivity contribution in [3.8, 4) is 11.5 Å². The highest BCUT2D eigenvalue weighted by molar-refractivity contribution is 9.10. The highest BCUT2D eigenvalue weighted by atomic mass is 79.9. The molecule has 4 rings (SSSR count). The molecule has 2 saturated heterocycles. The summed E-state index contributed by atoms with van der Waals surface area (Å²) >= 11 is 3.52. The van der Waals surface area contributed by atoms with Gasteiger partial charge in [-0.05, 0) is 122 Å². The number of benzene rings is 2. The summed E-state index contributed by atoms with van der Waals surface area (Å²) in [5, 5.41) is 3.47. The van der Waals surface area contributed by atoms with Gasteiger partial charge in [0.1, 0.15) is 11.5 Å². The Hall–Kier alpha value is -2.05. The van der Waals surface area contributed by atoms with Crippen molar-refractivity contribution in [2.24, 2.45) is 11.8 Å². The van der Waals surface area contributed by atoms with Gasteiger partial charge in [-0.15, -0.1) is 0 Å². The Labute approximate surface area is 199 Å². The molecular weight excluding hydrogens is 468 g/mol. The van der Waals surface area contributed by atoms with Gasteiger partial charge in [-0.1, -0.05) is 0 Å². The van der Waals surface area contributed by atoms with Crippen molar-refractivity contribution < 1.29 is 14.3 Å². The fourth-order valence-corrected chi connectivity index (χ4v) is 5.48. The van der Waals surface area contributed by atoms with Crippen LogP contribution >= 0.6 is 15.9 Å². The minimum atomic E-state index is -0.330. The maximum Gasteiger partial charge on any atom is 0.338 e. The molecule has 0 spiro atoms. The number of nitrogens with zero attached hydrogens (tertiary/aromatic N) is 1. The largest absolute Gasteiger partial charge is 0.462 e. The van der Waals surface area contributed by atoms with Gasteiger partial charge >= 0.3 is 5.97 Å². The summed E-state index contributed by atoms with van der Waals surface area (Å²) in [6.45, 7) is 11.2. The van der Waals surface area contributed by atoms with Crippen LogP contribution in [0.1, 0.15) is 47.7 Å². The molecule has 0 radical (unpaired) electrons. The third kappa shape index (κ3) is 5.29. The van der Waals surface area contributed by atoms with E-state index in [0.717, 1.165) is 35.1 Å². The van der Waals surface area contributed by atoms with Crippen LogP contribution in [-0.2, 0) is 4.74 Å². The molecule has 0 aromatic heterocycles. The molecule has 0 unspecified atom stereocenters.